The quantitative estimate of drug-likeness (QED) is 0.470. The van der Waals surface area contributed by atoms with Crippen molar-refractivity contribution in [3.05, 3.63) is 84.3 Å². The van der Waals surface area contributed by atoms with Gasteiger partial charge in [0.25, 0.3) is 0 Å². The van der Waals surface area contributed by atoms with Crippen molar-refractivity contribution in [1.82, 2.24) is 14.4 Å². The highest BCUT2D eigenvalue weighted by Gasteiger charge is 2.15. The molecule has 5 rings (SSSR count). The third-order valence-electron chi connectivity index (χ3n) is 4.96. The molecule has 0 spiro atoms. The van der Waals surface area contributed by atoms with Gasteiger partial charge in [0.2, 0.25) is 0 Å². The molecule has 2 N–H and O–H groups in total. The van der Waals surface area contributed by atoms with E-state index in [9.17, 15) is 13.9 Å². The van der Waals surface area contributed by atoms with Crippen molar-refractivity contribution in [3.8, 4) is 22.4 Å². The van der Waals surface area contributed by atoms with Crippen molar-refractivity contribution >= 4 is 16.6 Å². The first-order valence-electron chi connectivity index (χ1n) is 8.78. The summed E-state index contributed by atoms with van der Waals surface area (Å²) in [5.74, 6) is -1.50. The SMILES string of the molecule is OCc1c(F)ccc(-c2ccc3nc(-c4ccc5[nH]ccc5c4)cn3c2)c1F. The second-order valence-electron chi connectivity index (χ2n) is 6.63. The fourth-order valence-corrected chi connectivity index (χ4v) is 3.47. The normalized spacial score (nSPS) is 11.5. The summed E-state index contributed by atoms with van der Waals surface area (Å²) in [6.07, 6.45) is 5.52. The van der Waals surface area contributed by atoms with Crippen LogP contribution >= 0.6 is 0 Å². The lowest BCUT2D eigenvalue weighted by Gasteiger charge is -2.08. The van der Waals surface area contributed by atoms with Crippen molar-refractivity contribution in [2.24, 2.45) is 0 Å². The fraction of sp³-hybridized carbons (Fsp3) is 0.0455. The van der Waals surface area contributed by atoms with Gasteiger partial charge in [-0.1, -0.05) is 6.07 Å². The smallest absolute Gasteiger partial charge is 0.139 e. The maximum atomic E-state index is 14.6. The van der Waals surface area contributed by atoms with E-state index >= 15 is 0 Å². The minimum Gasteiger partial charge on any atom is -0.391 e. The Morgan fingerprint density at radius 2 is 1.82 bits per heavy atom. The van der Waals surface area contributed by atoms with Gasteiger partial charge in [0.15, 0.2) is 0 Å². The maximum Gasteiger partial charge on any atom is 0.139 e. The van der Waals surface area contributed by atoms with E-state index < -0.39 is 18.2 Å². The van der Waals surface area contributed by atoms with Crippen LogP contribution in [0.2, 0.25) is 0 Å². The molecule has 0 atom stereocenters. The number of H-pyrrole nitrogens is 1. The van der Waals surface area contributed by atoms with Crippen molar-refractivity contribution in [3.63, 3.8) is 0 Å². The standard InChI is InChI=1S/C22H15F2N3O/c23-18-4-3-16(22(24)17(18)12-28)15-2-6-21-26-20(11-27(21)10-15)13-1-5-19-14(9-13)7-8-25-19/h1-11,25,28H,12H2. The van der Waals surface area contributed by atoms with E-state index in [1.807, 2.05) is 35.0 Å². The lowest BCUT2D eigenvalue weighted by atomic mass is 10.0. The first kappa shape index (κ1) is 16.6. The number of aromatic amines is 1. The molecule has 0 aliphatic carbocycles. The summed E-state index contributed by atoms with van der Waals surface area (Å²) in [5, 5.41) is 10.3. The van der Waals surface area contributed by atoms with Crippen LogP contribution in [0.3, 0.4) is 0 Å². The van der Waals surface area contributed by atoms with Crippen LogP contribution in [0.15, 0.2) is 67.1 Å². The Bertz CT molecular complexity index is 1340. The molecule has 0 saturated carbocycles. The summed E-state index contributed by atoms with van der Waals surface area (Å²) in [5.41, 5.74) is 4.03. The summed E-state index contributed by atoms with van der Waals surface area (Å²) in [6, 6.07) is 14.1. The number of benzene rings is 2. The number of aromatic nitrogens is 3. The van der Waals surface area contributed by atoms with Gasteiger partial charge in [-0.25, -0.2) is 13.8 Å². The molecule has 0 fully saturated rings. The van der Waals surface area contributed by atoms with Crippen molar-refractivity contribution in [1.29, 1.82) is 0 Å². The molecule has 0 unspecified atom stereocenters. The topological polar surface area (TPSA) is 53.3 Å². The van der Waals surface area contributed by atoms with E-state index in [0.717, 1.165) is 27.8 Å². The van der Waals surface area contributed by atoms with Gasteiger partial charge in [0.1, 0.15) is 17.3 Å². The number of aliphatic hydroxyl groups is 1. The number of aliphatic hydroxyl groups excluding tert-OH is 1. The summed E-state index contributed by atoms with van der Waals surface area (Å²) < 4.78 is 30.1. The van der Waals surface area contributed by atoms with E-state index in [1.54, 1.807) is 18.3 Å². The number of halogens is 2. The molecule has 4 nitrogen and oxygen atoms in total. The maximum absolute atomic E-state index is 14.6. The van der Waals surface area contributed by atoms with Crippen LogP contribution < -0.4 is 0 Å². The van der Waals surface area contributed by atoms with E-state index in [-0.39, 0.29) is 11.1 Å². The van der Waals surface area contributed by atoms with Gasteiger partial charge in [-0.15, -0.1) is 0 Å². The van der Waals surface area contributed by atoms with Crippen LogP contribution in [0.5, 0.6) is 0 Å². The molecule has 3 aromatic heterocycles. The number of hydrogen-bond acceptors (Lipinski definition) is 2. The van der Waals surface area contributed by atoms with Gasteiger partial charge in [-0.2, -0.15) is 0 Å². The fourth-order valence-electron chi connectivity index (χ4n) is 3.47. The van der Waals surface area contributed by atoms with Gasteiger partial charge < -0.3 is 14.5 Å². The zero-order valence-corrected chi connectivity index (χ0v) is 14.7. The Hall–Kier alpha value is -3.51. The summed E-state index contributed by atoms with van der Waals surface area (Å²) in [6.45, 7) is -0.690. The highest BCUT2D eigenvalue weighted by molar-refractivity contribution is 5.84. The molecule has 0 aliphatic heterocycles. The molecular weight excluding hydrogens is 360 g/mol. The largest absolute Gasteiger partial charge is 0.391 e. The van der Waals surface area contributed by atoms with E-state index in [0.29, 0.717) is 5.56 Å². The number of rotatable bonds is 3. The molecule has 3 heterocycles. The van der Waals surface area contributed by atoms with Crippen molar-refractivity contribution < 1.29 is 13.9 Å². The highest BCUT2D eigenvalue weighted by atomic mass is 19.1. The minimum atomic E-state index is -0.755. The van der Waals surface area contributed by atoms with Crippen molar-refractivity contribution in [2.45, 2.75) is 6.61 Å². The molecule has 0 bridgehead atoms. The Morgan fingerprint density at radius 1 is 0.964 bits per heavy atom. The number of hydrogen-bond donors (Lipinski definition) is 2. The zero-order chi connectivity index (χ0) is 19.3. The molecule has 0 saturated heterocycles. The molecule has 0 aliphatic rings. The van der Waals surface area contributed by atoms with Gasteiger partial charge >= 0.3 is 0 Å². The van der Waals surface area contributed by atoms with E-state index in [4.69, 9.17) is 0 Å². The summed E-state index contributed by atoms with van der Waals surface area (Å²) in [4.78, 5) is 7.80. The summed E-state index contributed by atoms with van der Waals surface area (Å²) in [7, 11) is 0. The van der Waals surface area contributed by atoms with Gasteiger partial charge in [0, 0.05) is 51.7 Å². The number of pyridine rings is 1. The number of nitrogens with one attached hydrogen (secondary N) is 1. The van der Waals surface area contributed by atoms with Crippen LogP contribution in [0.1, 0.15) is 5.56 Å². The molecule has 0 radical (unpaired) electrons. The molecule has 138 valence electrons. The average Bonchev–Trinajstić information content (AvgIpc) is 3.34. The van der Waals surface area contributed by atoms with Crippen LogP contribution in [0.4, 0.5) is 8.78 Å². The number of imidazole rings is 1. The van der Waals surface area contributed by atoms with Crippen LogP contribution in [-0.2, 0) is 6.61 Å². The Kier molecular flexibility index (Phi) is 3.74. The van der Waals surface area contributed by atoms with Gasteiger partial charge in [-0.3, -0.25) is 0 Å². The Balaban J connectivity index is 1.61. The van der Waals surface area contributed by atoms with E-state index in [2.05, 4.69) is 16.0 Å². The molecule has 5 aromatic rings. The molecule has 28 heavy (non-hydrogen) atoms. The van der Waals surface area contributed by atoms with Crippen LogP contribution in [-0.4, -0.2) is 19.5 Å². The molecule has 6 heteroatoms. The molecule has 2 aromatic carbocycles. The first-order valence-corrected chi connectivity index (χ1v) is 8.78. The highest BCUT2D eigenvalue weighted by Crippen LogP contribution is 2.29. The number of fused-ring (bicyclic) bond motifs is 2. The molecule has 0 amide bonds. The lowest BCUT2D eigenvalue weighted by Crippen LogP contribution is -1.98. The Morgan fingerprint density at radius 3 is 2.68 bits per heavy atom. The Labute approximate surface area is 158 Å². The van der Waals surface area contributed by atoms with Gasteiger partial charge in [-0.05, 0) is 42.5 Å². The third kappa shape index (κ3) is 2.58. The van der Waals surface area contributed by atoms with E-state index in [1.165, 1.54) is 12.1 Å². The predicted molar refractivity (Wildman–Crippen MR) is 104 cm³/mol. The van der Waals surface area contributed by atoms with Gasteiger partial charge in [0.05, 0.1) is 12.3 Å². The monoisotopic (exact) mass is 375 g/mol. The average molecular weight is 375 g/mol. The third-order valence-corrected chi connectivity index (χ3v) is 4.96. The van der Waals surface area contributed by atoms with Crippen molar-refractivity contribution in [2.75, 3.05) is 0 Å². The summed E-state index contributed by atoms with van der Waals surface area (Å²) >= 11 is 0. The predicted octanol–water partition coefficient (Wildman–Crippen LogP) is 4.92. The first-order chi connectivity index (χ1) is 13.6. The lowest BCUT2D eigenvalue weighted by molar-refractivity contribution is 0.269. The molecular formula is C22H15F2N3O. The second kappa shape index (κ2) is 6.28. The van der Waals surface area contributed by atoms with Crippen LogP contribution in [0, 0.1) is 11.6 Å². The second-order valence-corrected chi connectivity index (χ2v) is 6.63. The number of nitrogens with zero attached hydrogens (tertiary/aromatic N) is 2. The zero-order valence-electron chi connectivity index (χ0n) is 14.7. The van der Waals surface area contributed by atoms with Crippen LogP contribution in [0.25, 0.3) is 38.9 Å². The minimum absolute atomic E-state index is 0.233.